The third kappa shape index (κ3) is 3.26. The number of furan rings is 1. The van der Waals surface area contributed by atoms with Crippen molar-refractivity contribution in [2.45, 2.75) is 71.6 Å². The molecular weight excluding hydrogens is 248 g/mol. The lowest BCUT2D eigenvalue weighted by Crippen LogP contribution is -2.32. The van der Waals surface area contributed by atoms with Gasteiger partial charge in [0.25, 0.3) is 0 Å². The molecule has 2 aliphatic rings. The molecule has 112 valence electrons. The fraction of sp³-hybridized carbons (Fsp3) is 0.765. The zero-order chi connectivity index (χ0) is 14.1. The van der Waals surface area contributed by atoms with E-state index in [0.717, 1.165) is 42.6 Å². The summed E-state index contributed by atoms with van der Waals surface area (Å²) in [5.41, 5.74) is 1.30. The van der Waals surface area contributed by atoms with Crippen molar-refractivity contribution < 1.29 is 4.42 Å². The second-order valence-electron chi connectivity index (χ2n) is 6.90. The average molecular weight is 276 g/mol. The molecule has 3 nitrogen and oxygen atoms in total. The molecule has 1 aliphatic heterocycles. The second-order valence-corrected chi connectivity index (χ2v) is 6.90. The van der Waals surface area contributed by atoms with Crippen molar-refractivity contribution >= 4 is 0 Å². The summed E-state index contributed by atoms with van der Waals surface area (Å²) in [5, 5.41) is 3.54. The number of rotatable bonds is 6. The summed E-state index contributed by atoms with van der Waals surface area (Å²) in [5.74, 6) is 3.01. The average Bonchev–Trinajstić information content (AvgIpc) is 3.00. The van der Waals surface area contributed by atoms with Crippen LogP contribution < -0.4 is 5.32 Å². The number of likely N-dealkylation sites (tertiary alicyclic amines) is 1. The van der Waals surface area contributed by atoms with E-state index in [1.54, 1.807) is 0 Å². The Kier molecular flexibility index (Phi) is 4.18. The lowest BCUT2D eigenvalue weighted by molar-refractivity contribution is 0.184. The van der Waals surface area contributed by atoms with Crippen LogP contribution in [0.3, 0.4) is 0 Å². The minimum Gasteiger partial charge on any atom is -0.463 e. The minimum absolute atomic E-state index is 0.730. The number of hydrogen-bond donors (Lipinski definition) is 1. The minimum atomic E-state index is 0.730. The Balaban J connectivity index is 1.60. The van der Waals surface area contributed by atoms with Gasteiger partial charge in [-0.15, -0.1) is 0 Å². The first-order chi connectivity index (χ1) is 9.63. The molecule has 20 heavy (non-hydrogen) atoms. The molecule has 0 aromatic carbocycles. The van der Waals surface area contributed by atoms with E-state index in [2.05, 4.69) is 37.1 Å². The van der Waals surface area contributed by atoms with Crippen LogP contribution in [0.1, 0.15) is 56.6 Å². The molecule has 3 heteroatoms. The Labute approximate surface area is 122 Å². The fourth-order valence-corrected chi connectivity index (χ4v) is 3.37. The molecule has 0 amide bonds. The zero-order valence-electron chi connectivity index (χ0n) is 13.1. The molecular formula is C17H28N2O. The molecule has 1 atom stereocenters. The van der Waals surface area contributed by atoms with Crippen LogP contribution in [-0.2, 0) is 13.1 Å². The van der Waals surface area contributed by atoms with Gasteiger partial charge >= 0.3 is 0 Å². The maximum absolute atomic E-state index is 6.08. The third-order valence-electron chi connectivity index (χ3n) is 4.74. The van der Waals surface area contributed by atoms with Gasteiger partial charge in [0.1, 0.15) is 11.5 Å². The van der Waals surface area contributed by atoms with Crippen molar-refractivity contribution in [2.75, 3.05) is 6.54 Å². The first-order valence-corrected chi connectivity index (χ1v) is 8.19. The van der Waals surface area contributed by atoms with Crippen LogP contribution in [-0.4, -0.2) is 23.5 Å². The van der Waals surface area contributed by atoms with E-state index in [0.29, 0.717) is 0 Å². The van der Waals surface area contributed by atoms with Gasteiger partial charge in [0, 0.05) is 12.1 Å². The molecule has 0 bridgehead atoms. The quantitative estimate of drug-likeness (QED) is 0.862. The summed E-state index contributed by atoms with van der Waals surface area (Å²) in [6.45, 7) is 9.93. The second kappa shape index (κ2) is 5.90. The highest BCUT2D eigenvalue weighted by Crippen LogP contribution is 2.27. The van der Waals surface area contributed by atoms with Gasteiger partial charge in [-0.1, -0.05) is 13.8 Å². The monoisotopic (exact) mass is 276 g/mol. The maximum atomic E-state index is 6.08. The van der Waals surface area contributed by atoms with Crippen molar-refractivity contribution in [2.24, 2.45) is 5.92 Å². The van der Waals surface area contributed by atoms with E-state index in [4.69, 9.17) is 4.42 Å². The third-order valence-corrected chi connectivity index (χ3v) is 4.74. The van der Waals surface area contributed by atoms with Crippen molar-refractivity contribution in [3.05, 3.63) is 23.2 Å². The Morgan fingerprint density at radius 2 is 2.15 bits per heavy atom. The van der Waals surface area contributed by atoms with Gasteiger partial charge < -0.3 is 9.73 Å². The first kappa shape index (κ1) is 14.2. The SMILES string of the molecule is Cc1cc(CN2CCCC2C(C)C)oc1CNC1CC1. The standard InChI is InChI=1S/C17H28N2O/c1-12(2)16-5-4-8-19(16)11-15-9-13(3)17(20-15)10-18-14-6-7-14/h9,12,14,16,18H,4-8,10-11H2,1-3H3. The van der Waals surface area contributed by atoms with E-state index >= 15 is 0 Å². The molecule has 1 aliphatic carbocycles. The maximum Gasteiger partial charge on any atom is 0.120 e. The predicted molar refractivity (Wildman–Crippen MR) is 81.6 cm³/mol. The topological polar surface area (TPSA) is 28.4 Å². The molecule has 1 N–H and O–H groups in total. The largest absolute Gasteiger partial charge is 0.463 e. The van der Waals surface area contributed by atoms with Crippen LogP contribution in [0.4, 0.5) is 0 Å². The number of aryl methyl sites for hydroxylation is 1. The molecule has 2 fully saturated rings. The number of hydrogen-bond acceptors (Lipinski definition) is 3. The Bertz CT molecular complexity index is 448. The van der Waals surface area contributed by atoms with Crippen molar-refractivity contribution in [1.29, 1.82) is 0 Å². The van der Waals surface area contributed by atoms with Crippen molar-refractivity contribution in [3.63, 3.8) is 0 Å². The molecule has 1 saturated carbocycles. The van der Waals surface area contributed by atoms with Gasteiger partial charge in [0.2, 0.25) is 0 Å². The van der Waals surface area contributed by atoms with Gasteiger partial charge in [-0.25, -0.2) is 0 Å². The van der Waals surface area contributed by atoms with Crippen LogP contribution >= 0.6 is 0 Å². The summed E-state index contributed by atoms with van der Waals surface area (Å²) < 4.78 is 6.08. The molecule has 3 rings (SSSR count). The van der Waals surface area contributed by atoms with Gasteiger partial charge in [-0.05, 0) is 56.7 Å². The Hall–Kier alpha value is -0.800. The van der Waals surface area contributed by atoms with E-state index in [9.17, 15) is 0 Å². The van der Waals surface area contributed by atoms with Crippen molar-refractivity contribution in [3.8, 4) is 0 Å². The van der Waals surface area contributed by atoms with Gasteiger partial charge in [0.15, 0.2) is 0 Å². The summed E-state index contributed by atoms with van der Waals surface area (Å²) in [6, 6.07) is 3.71. The summed E-state index contributed by atoms with van der Waals surface area (Å²) in [6.07, 6.45) is 5.33. The van der Waals surface area contributed by atoms with E-state index < -0.39 is 0 Å². The fourth-order valence-electron chi connectivity index (χ4n) is 3.37. The molecule has 1 aromatic rings. The van der Waals surface area contributed by atoms with Crippen LogP contribution in [0.25, 0.3) is 0 Å². The van der Waals surface area contributed by atoms with E-state index in [1.165, 1.54) is 37.8 Å². The van der Waals surface area contributed by atoms with E-state index in [-0.39, 0.29) is 0 Å². The Morgan fingerprint density at radius 1 is 1.35 bits per heavy atom. The van der Waals surface area contributed by atoms with Crippen LogP contribution in [0.5, 0.6) is 0 Å². The van der Waals surface area contributed by atoms with Crippen LogP contribution in [0, 0.1) is 12.8 Å². The molecule has 1 saturated heterocycles. The van der Waals surface area contributed by atoms with Crippen LogP contribution in [0.2, 0.25) is 0 Å². The first-order valence-electron chi connectivity index (χ1n) is 8.19. The summed E-state index contributed by atoms with van der Waals surface area (Å²) >= 11 is 0. The molecule has 0 radical (unpaired) electrons. The highest BCUT2D eigenvalue weighted by atomic mass is 16.3. The predicted octanol–water partition coefficient (Wildman–Crippen LogP) is 3.46. The van der Waals surface area contributed by atoms with Gasteiger partial charge in [-0.3, -0.25) is 4.90 Å². The Morgan fingerprint density at radius 3 is 2.85 bits per heavy atom. The molecule has 0 spiro atoms. The molecule has 2 heterocycles. The number of nitrogens with one attached hydrogen (secondary N) is 1. The highest BCUT2D eigenvalue weighted by Gasteiger charge is 2.28. The lowest BCUT2D eigenvalue weighted by atomic mass is 10.0. The van der Waals surface area contributed by atoms with Crippen LogP contribution in [0.15, 0.2) is 10.5 Å². The zero-order valence-corrected chi connectivity index (χ0v) is 13.1. The van der Waals surface area contributed by atoms with Gasteiger partial charge in [0.05, 0.1) is 13.1 Å². The normalized spacial score (nSPS) is 23.9. The number of nitrogens with zero attached hydrogens (tertiary/aromatic N) is 1. The smallest absolute Gasteiger partial charge is 0.120 e. The highest BCUT2D eigenvalue weighted by molar-refractivity contribution is 5.20. The summed E-state index contributed by atoms with van der Waals surface area (Å²) in [4.78, 5) is 2.60. The van der Waals surface area contributed by atoms with Crippen molar-refractivity contribution in [1.82, 2.24) is 10.2 Å². The molecule has 1 aromatic heterocycles. The van der Waals surface area contributed by atoms with Gasteiger partial charge in [-0.2, -0.15) is 0 Å². The lowest BCUT2D eigenvalue weighted by Gasteiger charge is -2.26. The summed E-state index contributed by atoms with van der Waals surface area (Å²) in [7, 11) is 0. The van der Waals surface area contributed by atoms with E-state index in [1.807, 2.05) is 0 Å². The molecule has 1 unspecified atom stereocenters.